The number of aromatic nitrogens is 5. The lowest BCUT2D eigenvalue weighted by Crippen LogP contribution is -2.20. The van der Waals surface area contributed by atoms with Gasteiger partial charge in [0.15, 0.2) is 5.65 Å². The van der Waals surface area contributed by atoms with Gasteiger partial charge in [0.2, 0.25) is 0 Å². The summed E-state index contributed by atoms with van der Waals surface area (Å²) < 4.78 is 14.6. The molecule has 8 heteroatoms. The van der Waals surface area contributed by atoms with Crippen molar-refractivity contribution >= 4 is 27.6 Å². The second-order valence-corrected chi connectivity index (χ2v) is 9.79. The van der Waals surface area contributed by atoms with Crippen molar-refractivity contribution in [1.29, 1.82) is 0 Å². The largest absolute Gasteiger partial charge is 0.384 e. The molecule has 0 aliphatic heterocycles. The third-order valence-corrected chi connectivity index (χ3v) is 6.79. The van der Waals surface area contributed by atoms with E-state index in [1.165, 1.54) is 6.07 Å². The van der Waals surface area contributed by atoms with Crippen LogP contribution in [0.25, 0.3) is 55.6 Å². The number of benzene rings is 2. The number of aromatic amines is 2. The molecule has 6 rings (SSSR count). The van der Waals surface area contributed by atoms with Crippen LogP contribution in [0.5, 0.6) is 0 Å². The highest BCUT2D eigenvalue weighted by Crippen LogP contribution is 2.36. The molecular formula is C30H28FN7. The standard InChI is InChI=1S/C30H28FN7/c1-18-7-8-32-17-26(18)20-13-25-29(36-37-30(25)34-16-20)28-15-24-23(5-4-6-27(24)35-28)19-11-21(31)14-22(12-19)33-9-10-38(2)3/h4-8,11-17,33,35H,9-10H2,1-3H3,(H,34,36,37). The third-order valence-electron chi connectivity index (χ3n) is 6.79. The minimum atomic E-state index is -0.272. The molecule has 0 atom stereocenters. The Hall–Kier alpha value is -4.56. The van der Waals surface area contributed by atoms with E-state index in [2.05, 4.69) is 54.4 Å². The molecule has 0 aliphatic carbocycles. The first-order valence-corrected chi connectivity index (χ1v) is 12.5. The first-order valence-electron chi connectivity index (χ1n) is 12.5. The van der Waals surface area contributed by atoms with E-state index in [1.54, 1.807) is 12.3 Å². The quantitative estimate of drug-likeness (QED) is 0.239. The van der Waals surface area contributed by atoms with E-state index < -0.39 is 0 Å². The molecule has 0 saturated carbocycles. The highest BCUT2D eigenvalue weighted by molar-refractivity contribution is 6.01. The molecule has 4 heterocycles. The van der Waals surface area contributed by atoms with E-state index in [0.717, 1.165) is 74.3 Å². The van der Waals surface area contributed by atoms with Gasteiger partial charge in [0.05, 0.1) is 11.4 Å². The van der Waals surface area contributed by atoms with E-state index in [9.17, 15) is 4.39 Å². The Morgan fingerprint density at radius 2 is 1.84 bits per heavy atom. The average molecular weight is 506 g/mol. The maximum Gasteiger partial charge on any atom is 0.181 e. The van der Waals surface area contributed by atoms with Crippen molar-refractivity contribution in [2.75, 3.05) is 32.5 Å². The summed E-state index contributed by atoms with van der Waals surface area (Å²) in [4.78, 5) is 14.5. The first-order chi connectivity index (χ1) is 18.5. The number of pyridine rings is 2. The van der Waals surface area contributed by atoms with Gasteiger partial charge in [-0.05, 0) is 80.2 Å². The molecule has 0 aliphatic rings. The zero-order valence-corrected chi connectivity index (χ0v) is 21.5. The normalized spacial score (nSPS) is 11.6. The van der Waals surface area contributed by atoms with Crippen LogP contribution in [0.3, 0.4) is 0 Å². The van der Waals surface area contributed by atoms with Gasteiger partial charge in [-0.15, -0.1) is 0 Å². The molecule has 2 aromatic carbocycles. The minimum Gasteiger partial charge on any atom is -0.384 e. The summed E-state index contributed by atoms with van der Waals surface area (Å²) in [5.41, 5.74) is 9.02. The summed E-state index contributed by atoms with van der Waals surface area (Å²) in [7, 11) is 4.03. The lowest BCUT2D eigenvalue weighted by atomic mass is 10.0. The maximum absolute atomic E-state index is 14.6. The fraction of sp³-hybridized carbons (Fsp3) is 0.167. The fourth-order valence-corrected chi connectivity index (χ4v) is 4.83. The molecule has 190 valence electrons. The molecule has 3 N–H and O–H groups in total. The van der Waals surface area contributed by atoms with Gasteiger partial charge in [0, 0.05) is 64.8 Å². The Kier molecular flexibility index (Phi) is 6.09. The Morgan fingerprint density at radius 1 is 0.947 bits per heavy atom. The minimum absolute atomic E-state index is 0.272. The number of hydrogen-bond acceptors (Lipinski definition) is 5. The highest BCUT2D eigenvalue weighted by atomic mass is 19.1. The highest BCUT2D eigenvalue weighted by Gasteiger charge is 2.16. The Bertz CT molecular complexity index is 1770. The molecule has 0 unspecified atom stereocenters. The predicted octanol–water partition coefficient (Wildman–Crippen LogP) is 6.26. The molecule has 7 nitrogen and oxygen atoms in total. The Balaban J connectivity index is 1.41. The first kappa shape index (κ1) is 23.8. The molecule has 6 aromatic rings. The number of nitrogens with one attached hydrogen (secondary N) is 3. The Labute approximate surface area is 219 Å². The summed E-state index contributed by atoms with van der Waals surface area (Å²) in [6, 6.07) is 17.3. The third kappa shape index (κ3) is 4.50. The van der Waals surface area contributed by atoms with Crippen molar-refractivity contribution in [3.05, 3.63) is 84.6 Å². The van der Waals surface area contributed by atoms with Crippen molar-refractivity contribution < 1.29 is 4.39 Å². The van der Waals surface area contributed by atoms with Crippen molar-refractivity contribution in [1.82, 2.24) is 30.0 Å². The smallest absolute Gasteiger partial charge is 0.181 e. The lowest BCUT2D eigenvalue weighted by Gasteiger charge is -2.13. The number of likely N-dealkylation sites (N-methyl/N-ethyl adjacent to an activating group) is 1. The van der Waals surface area contributed by atoms with E-state index in [4.69, 9.17) is 0 Å². The van der Waals surface area contributed by atoms with Gasteiger partial charge in [-0.3, -0.25) is 10.1 Å². The maximum atomic E-state index is 14.6. The second kappa shape index (κ2) is 9.72. The number of hydrogen-bond donors (Lipinski definition) is 3. The lowest BCUT2D eigenvalue weighted by molar-refractivity contribution is 0.425. The number of rotatable bonds is 7. The van der Waals surface area contributed by atoms with E-state index in [-0.39, 0.29) is 5.82 Å². The summed E-state index contributed by atoms with van der Waals surface area (Å²) in [5.74, 6) is -0.272. The van der Waals surface area contributed by atoms with Crippen molar-refractivity contribution in [2.24, 2.45) is 0 Å². The van der Waals surface area contributed by atoms with Crippen molar-refractivity contribution in [2.45, 2.75) is 6.92 Å². The number of halogens is 1. The molecule has 0 bridgehead atoms. The fourth-order valence-electron chi connectivity index (χ4n) is 4.83. The summed E-state index contributed by atoms with van der Waals surface area (Å²) in [5, 5.41) is 12.8. The van der Waals surface area contributed by atoms with Gasteiger partial charge in [0.1, 0.15) is 5.82 Å². The molecule has 0 saturated heterocycles. The SMILES string of the molecule is Cc1ccncc1-c1cnc2n[nH]c(-c3cc4c(-c5cc(F)cc(NCCN(C)C)c5)cccc4[nH]3)c2c1. The van der Waals surface area contributed by atoms with E-state index in [1.807, 2.05) is 56.8 Å². The number of aryl methyl sites for hydroxylation is 1. The van der Waals surface area contributed by atoms with Gasteiger partial charge in [-0.2, -0.15) is 5.10 Å². The predicted molar refractivity (Wildman–Crippen MR) is 152 cm³/mol. The zero-order valence-electron chi connectivity index (χ0n) is 21.5. The number of anilines is 1. The molecule has 0 radical (unpaired) electrons. The summed E-state index contributed by atoms with van der Waals surface area (Å²) in [6.45, 7) is 3.65. The van der Waals surface area contributed by atoms with Crippen molar-refractivity contribution in [3.8, 4) is 33.6 Å². The van der Waals surface area contributed by atoms with Crippen LogP contribution in [0, 0.1) is 12.7 Å². The van der Waals surface area contributed by atoms with Gasteiger partial charge in [-0.25, -0.2) is 9.37 Å². The molecular weight excluding hydrogens is 477 g/mol. The van der Waals surface area contributed by atoms with Gasteiger partial charge in [-0.1, -0.05) is 12.1 Å². The number of fused-ring (bicyclic) bond motifs is 2. The van der Waals surface area contributed by atoms with Crippen molar-refractivity contribution in [3.63, 3.8) is 0 Å². The zero-order chi connectivity index (χ0) is 26.2. The van der Waals surface area contributed by atoms with Gasteiger partial charge in [0.25, 0.3) is 0 Å². The molecule has 0 spiro atoms. The van der Waals surface area contributed by atoms with Gasteiger partial charge < -0.3 is 15.2 Å². The molecule has 0 fully saturated rings. The van der Waals surface area contributed by atoms with Crippen LogP contribution in [0.4, 0.5) is 10.1 Å². The molecule has 0 amide bonds. The molecule has 38 heavy (non-hydrogen) atoms. The van der Waals surface area contributed by atoms with Crippen LogP contribution in [0.1, 0.15) is 5.56 Å². The van der Waals surface area contributed by atoms with Crippen LogP contribution in [-0.2, 0) is 0 Å². The number of nitrogens with zero attached hydrogens (tertiary/aromatic N) is 4. The van der Waals surface area contributed by atoms with E-state index >= 15 is 0 Å². The van der Waals surface area contributed by atoms with Crippen LogP contribution in [0.2, 0.25) is 0 Å². The Morgan fingerprint density at radius 3 is 2.68 bits per heavy atom. The summed E-state index contributed by atoms with van der Waals surface area (Å²) in [6.07, 6.45) is 5.47. The topological polar surface area (TPSA) is 85.5 Å². The van der Waals surface area contributed by atoms with Crippen LogP contribution < -0.4 is 5.32 Å². The van der Waals surface area contributed by atoms with Crippen LogP contribution >= 0.6 is 0 Å². The van der Waals surface area contributed by atoms with Crippen LogP contribution in [0.15, 0.2) is 73.2 Å². The van der Waals surface area contributed by atoms with E-state index in [0.29, 0.717) is 5.65 Å². The molecule has 4 aromatic heterocycles. The van der Waals surface area contributed by atoms with Gasteiger partial charge >= 0.3 is 0 Å². The van der Waals surface area contributed by atoms with Crippen LogP contribution in [-0.4, -0.2) is 57.2 Å². The average Bonchev–Trinajstić information content (AvgIpc) is 3.52. The monoisotopic (exact) mass is 505 g/mol. The number of H-pyrrole nitrogens is 2. The summed E-state index contributed by atoms with van der Waals surface area (Å²) >= 11 is 0. The second-order valence-electron chi connectivity index (χ2n) is 9.79.